The minimum atomic E-state index is -5.11. The molecule has 0 aliphatic carbocycles. The molecule has 0 aliphatic heterocycles. The predicted octanol–water partition coefficient (Wildman–Crippen LogP) is 4.07. The largest absolute Gasteiger partial charge is 0.428 e. The monoisotopic (exact) mass is 248 g/mol. The van der Waals surface area contributed by atoms with E-state index in [1.807, 2.05) is 0 Å². The fourth-order valence-electron chi connectivity index (χ4n) is 0.249. The molecule has 0 nitrogen and oxygen atoms in total. The molecule has 72 valence electrons. The maximum atomic E-state index is 11.9. The fraction of sp³-hybridized carbons (Fsp3) is 0.500. The standard InChI is InChI=1S/C4Cl3F5/c5-1(3(7,8)9)2(6)4(10,11)12/b2-1+. The molecule has 0 aliphatic rings. The van der Waals surface area contributed by atoms with Crippen LogP contribution in [-0.4, -0.2) is 11.6 Å². The van der Waals surface area contributed by atoms with Crippen LogP contribution in [0.3, 0.4) is 0 Å². The Hall–Kier alpha value is 0.260. The lowest BCUT2D eigenvalue weighted by Crippen LogP contribution is -2.15. The molecule has 0 amide bonds. The van der Waals surface area contributed by atoms with Crippen LogP contribution in [0.2, 0.25) is 0 Å². The van der Waals surface area contributed by atoms with Crippen LogP contribution in [0.4, 0.5) is 22.0 Å². The second kappa shape index (κ2) is 3.55. The van der Waals surface area contributed by atoms with Gasteiger partial charge < -0.3 is 0 Å². The van der Waals surface area contributed by atoms with Gasteiger partial charge in [0.05, 0.1) is 0 Å². The van der Waals surface area contributed by atoms with Crippen molar-refractivity contribution in [3.63, 3.8) is 0 Å². The van der Waals surface area contributed by atoms with Crippen LogP contribution in [0.5, 0.6) is 0 Å². The van der Waals surface area contributed by atoms with Crippen molar-refractivity contribution in [2.24, 2.45) is 0 Å². The van der Waals surface area contributed by atoms with Crippen LogP contribution in [0.15, 0.2) is 10.1 Å². The zero-order valence-corrected chi connectivity index (χ0v) is 7.29. The summed E-state index contributed by atoms with van der Waals surface area (Å²) in [7, 11) is 0. The first-order valence-corrected chi connectivity index (χ1v) is 3.40. The SMILES string of the molecule is FC(F)(F)/C(Cl)=C(\Cl)C(F)(F)Cl. The average molecular weight is 249 g/mol. The highest BCUT2D eigenvalue weighted by atomic mass is 35.5. The molecule has 8 heteroatoms. The molecule has 12 heavy (non-hydrogen) atoms. The van der Waals surface area contributed by atoms with Crippen LogP contribution in [-0.2, 0) is 0 Å². The van der Waals surface area contributed by atoms with Crippen molar-refractivity contribution < 1.29 is 22.0 Å². The van der Waals surface area contributed by atoms with Gasteiger partial charge in [-0.1, -0.05) is 23.2 Å². The molecule has 0 saturated carbocycles. The molecular weight excluding hydrogens is 249 g/mol. The molecule has 0 aromatic heterocycles. The quantitative estimate of drug-likeness (QED) is 0.485. The van der Waals surface area contributed by atoms with Gasteiger partial charge in [0.1, 0.15) is 10.1 Å². The number of hydrogen-bond acceptors (Lipinski definition) is 0. The third-order valence-corrected chi connectivity index (χ3v) is 1.90. The Morgan fingerprint density at radius 3 is 1.25 bits per heavy atom. The third kappa shape index (κ3) is 3.33. The van der Waals surface area contributed by atoms with Gasteiger partial charge in [-0.25, -0.2) is 0 Å². The van der Waals surface area contributed by atoms with Crippen molar-refractivity contribution >= 4 is 34.8 Å². The molecule has 0 atom stereocenters. The Bertz CT molecular complexity index is 178. The van der Waals surface area contributed by atoms with E-state index >= 15 is 0 Å². The third-order valence-electron chi connectivity index (χ3n) is 0.690. The molecule has 0 N–H and O–H groups in total. The first kappa shape index (κ1) is 12.3. The highest BCUT2D eigenvalue weighted by Crippen LogP contribution is 2.41. The lowest BCUT2D eigenvalue weighted by Gasteiger charge is -2.10. The van der Waals surface area contributed by atoms with Crippen molar-refractivity contribution in [1.82, 2.24) is 0 Å². The van der Waals surface area contributed by atoms with Crippen molar-refractivity contribution in [3.05, 3.63) is 10.1 Å². The number of allylic oxidation sites excluding steroid dienone is 2. The van der Waals surface area contributed by atoms with Crippen LogP contribution in [0, 0.1) is 0 Å². The van der Waals surface area contributed by atoms with Crippen molar-refractivity contribution in [1.29, 1.82) is 0 Å². The summed E-state index contributed by atoms with van der Waals surface area (Å²) in [5, 5.41) is -8.35. The molecule has 0 spiro atoms. The topological polar surface area (TPSA) is 0 Å². The average Bonchev–Trinajstić information content (AvgIpc) is 1.80. The van der Waals surface area contributed by atoms with Gasteiger partial charge in [0.25, 0.3) is 0 Å². The van der Waals surface area contributed by atoms with E-state index in [-0.39, 0.29) is 0 Å². The molecule has 0 rings (SSSR count). The molecule has 0 unspecified atom stereocenters. The molecule has 0 aromatic carbocycles. The summed E-state index contributed by atoms with van der Waals surface area (Å²) in [4.78, 5) is 0. The van der Waals surface area contributed by atoms with Crippen LogP contribution >= 0.6 is 34.8 Å². The Balaban J connectivity index is 4.96. The molecule has 0 aromatic rings. The van der Waals surface area contributed by atoms with Crippen LogP contribution in [0.1, 0.15) is 0 Å². The van der Waals surface area contributed by atoms with E-state index in [0.29, 0.717) is 0 Å². The van der Waals surface area contributed by atoms with E-state index in [0.717, 1.165) is 0 Å². The summed E-state index contributed by atoms with van der Waals surface area (Å²) < 4.78 is 58.5. The molecular formula is C4Cl3F5. The smallest absolute Gasteiger partial charge is 0.182 e. The molecule has 0 radical (unpaired) electrons. The van der Waals surface area contributed by atoms with Gasteiger partial charge >= 0.3 is 11.6 Å². The number of halogens is 8. The number of alkyl halides is 6. The fourth-order valence-corrected chi connectivity index (χ4v) is 0.618. The van der Waals surface area contributed by atoms with Gasteiger partial charge in [-0.15, -0.1) is 0 Å². The van der Waals surface area contributed by atoms with E-state index in [1.165, 1.54) is 0 Å². The first-order valence-electron chi connectivity index (χ1n) is 2.26. The second-order valence-corrected chi connectivity index (χ2v) is 2.85. The first-order chi connectivity index (χ1) is 5.07. The summed E-state index contributed by atoms with van der Waals surface area (Å²) in [5.74, 6) is 0. The predicted molar refractivity (Wildman–Crippen MR) is 35.6 cm³/mol. The number of rotatable bonds is 1. The van der Waals surface area contributed by atoms with Gasteiger partial charge in [0, 0.05) is 0 Å². The van der Waals surface area contributed by atoms with Gasteiger partial charge in [-0.3, -0.25) is 0 Å². The van der Waals surface area contributed by atoms with Gasteiger partial charge in [0.15, 0.2) is 0 Å². The van der Waals surface area contributed by atoms with E-state index in [1.54, 1.807) is 0 Å². The van der Waals surface area contributed by atoms with Crippen LogP contribution < -0.4 is 0 Å². The van der Waals surface area contributed by atoms with Crippen molar-refractivity contribution in [2.75, 3.05) is 0 Å². The lowest BCUT2D eigenvalue weighted by molar-refractivity contribution is -0.0862. The Morgan fingerprint density at radius 2 is 1.17 bits per heavy atom. The minimum Gasteiger partial charge on any atom is -0.182 e. The summed E-state index contributed by atoms with van der Waals surface area (Å²) in [6.45, 7) is 0. The zero-order valence-electron chi connectivity index (χ0n) is 5.02. The van der Waals surface area contributed by atoms with E-state index in [4.69, 9.17) is 0 Å². The maximum absolute atomic E-state index is 11.9. The van der Waals surface area contributed by atoms with Crippen LogP contribution in [0.25, 0.3) is 0 Å². The summed E-state index contributed by atoms with van der Waals surface area (Å²) in [6, 6.07) is 0. The highest BCUT2D eigenvalue weighted by molar-refractivity contribution is 6.44. The van der Waals surface area contributed by atoms with Gasteiger partial charge in [-0.2, -0.15) is 22.0 Å². The minimum absolute atomic E-state index is 1.93. The second-order valence-electron chi connectivity index (χ2n) is 1.62. The lowest BCUT2D eigenvalue weighted by atomic mass is 10.5. The van der Waals surface area contributed by atoms with Gasteiger partial charge in [-0.05, 0) is 11.6 Å². The molecule has 0 saturated heterocycles. The highest BCUT2D eigenvalue weighted by Gasteiger charge is 2.42. The Kier molecular flexibility index (Phi) is 3.63. The van der Waals surface area contributed by atoms with E-state index < -0.39 is 21.6 Å². The van der Waals surface area contributed by atoms with E-state index in [2.05, 4.69) is 34.8 Å². The molecule has 0 bridgehead atoms. The van der Waals surface area contributed by atoms with Gasteiger partial charge in [0.2, 0.25) is 0 Å². The molecule has 0 fully saturated rings. The Morgan fingerprint density at radius 1 is 0.833 bits per heavy atom. The normalized spacial score (nSPS) is 16.0. The summed E-state index contributed by atoms with van der Waals surface area (Å²) >= 11 is 13.2. The summed E-state index contributed by atoms with van der Waals surface area (Å²) in [5.41, 5.74) is 0. The summed E-state index contributed by atoms with van der Waals surface area (Å²) in [6.07, 6.45) is -5.11. The van der Waals surface area contributed by atoms with Crippen molar-refractivity contribution in [3.8, 4) is 0 Å². The van der Waals surface area contributed by atoms with E-state index in [9.17, 15) is 22.0 Å². The number of hydrogen-bond donors (Lipinski definition) is 0. The molecule has 0 heterocycles. The maximum Gasteiger partial charge on any atom is 0.428 e. The van der Waals surface area contributed by atoms with Crippen molar-refractivity contribution in [2.45, 2.75) is 11.6 Å². The zero-order chi connectivity index (χ0) is 10.2. The Labute approximate surface area is 78.9 Å².